The molecule has 2 rings (SSSR count). The summed E-state index contributed by atoms with van der Waals surface area (Å²) in [6.45, 7) is 2.20. The Bertz CT molecular complexity index is 598. The van der Waals surface area contributed by atoms with Crippen LogP contribution >= 0.6 is 0 Å². The lowest BCUT2D eigenvalue weighted by atomic mass is 10.2. The van der Waals surface area contributed by atoms with Crippen LogP contribution in [-0.4, -0.2) is 49.4 Å². The first-order valence-corrected chi connectivity index (χ1v) is 7.22. The van der Waals surface area contributed by atoms with E-state index in [1.54, 1.807) is 43.3 Å². The van der Waals surface area contributed by atoms with Gasteiger partial charge in [-0.25, -0.2) is 4.79 Å². The van der Waals surface area contributed by atoms with E-state index in [2.05, 4.69) is 0 Å². The summed E-state index contributed by atoms with van der Waals surface area (Å²) in [4.78, 5) is 38.6. The van der Waals surface area contributed by atoms with Crippen molar-refractivity contribution >= 4 is 23.5 Å². The van der Waals surface area contributed by atoms with Gasteiger partial charge in [0.15, 0.2) is 6.10 Å². The Morgan fingerprint density at radius 3 is 2.64 bits per heavy atom. The van der Waals surface area contributed by atoms with Crippen LogP contribution in [0.3, 0.4) is 0 Å². The zero-order valence-electron chi connectivity index (χ0n) is 13.0. The molecule has 1 aromatic carbocycles. The first-order chi connectivity index (χ1) is 10.4. The number of hydrogen-bond donors (Lipinski definition) is 0. The van der Waals surface area contributed by atoms with Crippen molar-refractivity contribution in [2.75, 3.05) is 25.5 Å². The third-order valence-electron chi connectivity index (χ3n) is 3.54. The Morgan fingerprint density at radius 1 is 1.32 bits per heavy atom. The number of esters is 1. The molecule has 0 N–H and O–H groups in total. The van der Waals surface area contributed by atoms with Gasteiger partial charge in [-0.3, -0.25) is 9.59 Å². The Balaban J connectivity index is 2.10. The lowest BCUT2D eigenvalue weighted by molar-refractivity contribution is -0.137. The second kappa shape index (κ2) is 6.60. The molecule has 22 heavy (non-hydrogen) atoms. The Labute approximate surface area is 129 Å². The molecule has 1 fully saturated rings. The van der Waals surface area contributed by atoms with Gasteiger partial charge in [-0.1, -0.05) is 6.07 Å². The maximum absolute atomic E-state index is 12.1. The maximum atomic E-state index is 12.1. The Morgan fingerprint density at radius 2 is 2.05 bits per heavy atom. The molecule has 0 bridgehead atoms. The molecule has 1 aliphatic heterocycles. The van der Waals surface area contributed by atoms with E-state index in [0.29, 0.717) is 24.2 Å². The quantitative estimate of drug-likeness (QED) is 0.790. The highest BCUT2D eigenvalue weighted by Crippen LogP contribution is 2.22. The van der Waals surface area contributed by atoms with Crippen LogP contribution in [0.15, 0.2) is 24.3 Å². The van der Waals surface area contributed by atoms with Gasteiger partial charge in [0.1, 0.15) is 0 Å². The molecule has 1 aliphatic rings. The van der Waals surface area contributed by atoms with Crippen LogP contribution in [0.1, 0.15) is 30.1 Å². The topological polar surface area (TPSA) is 66.9 Å². The summed E-state index contributed by atoms with van der Waals surface area (Å²) >= 11 is 0. The molecule has 6 nitrogen and oxygen atoms in total. The average Bonchev–Trinajstić information content (AvgIpc) is 2.92. The number of likely N-dealkylation sites (N-methyl/N-ethyl adjacent to an activating group) is 1. The van der Waals surface area contributed by atoms with Crippen LogP contribution in [-0.2, 0) is 14.3 Å². The van der Waals surface area contributed by atoms with Crippen LogP contribution in [0.25, 0.3) is 0 Å². The molecular formula is C16H20N2O4. The van der Waals surface area contributed by atoms with Crippen LogP contribution in [0.4, 0.5) is 5.69 Å². The molecule has 6 heteroatoms. The molecule has 0 saturated carbocycles. The normalized spacial score (nSPS) is 15.6. The molecule has 0 radical (unpaired) electrons. The van der Waals surface area contributed by atoms with E-state index in [1.807, 2.05) is 0 Å². The highest BCUT2D eigenvalue weighted by atomic mass is 16.5. The van der Waals surface area contributed by atoms with Crippen LogP contribution in [0.5, 0.6) is 0 Å². The van der Waals surface area contributed by atoms with Gasteiger partial charge in [-0.05, 0) is 31.5 Å². The fourth-order valence-corrected chi connectivity index (χ4v) is 2.36. The van der Waals surface area contributed by atoms with Gasteiger partial charge in [-0.2, -0.15) is 0 Å². The van der Waals surface area contributed by atoms with E-state index in [0.717, 1.165) is 6.42 Å². The third kappa shape index (κ3) is 3.44. The molecule has 1 saturated heterocycles. The fraction of sp³-hybridized carbons (Fsp3) is 0.438. The molecular weight excluding hydrogens is 284 g/mol. The summed E-state index contributed by atoms with van der Waals surface area (Å²) < 4.78 is 5.17. The van der Waals surface area contributed by atoms with Gasteiger partial charge in [0.25, 0.3) is 5.91 Å². The summed E-state index contributed by atoms with van der Waals surface area (Å²) in [5.74, 6) is -0.794. The molecule has 2 amide bonds. The number of amides is 2. The van der Waals surface area contributed by atoms with Crippen molar-refractivity contribution in [1.29, 1.82) is 0 Å². The van der Waals surface area contributed by atoms with Crippen LogP contribution < -0.4 is 4.90 Å². The highest BCUT2D eigenvalue weighted by Gasteiger charge is 2.24. The third-order valence-corrected chi connectivity index (χ3v) is 3.54. The largest absolute Gasteiger partial charge is 0.449 e. The molecule has 1 atom stereocenters. The van der Waals surface area contributed by atoms with Gasteiger partial charge < -0.3 is 14.5 Å². The van der Waals surface area contributed by atoms with E-state index in [9.17, 15) is 14.4 Å². The van der Waals surface area contributed by atoms with E-state index in [-0.39, 0.29) is 11.8 Å². The summed E-state index contributed by atoms with van der Waals surface area (Å²) in [7, 11) is 3.21. The number of rotatable bonds is 4. The molecule has 0 unspecified atom stereocenters. The van der Waals surface area contributed by atoms with Crippen LogP contribution in [0.2, 0.25) is 0 Å². The average molecular weight is 304 g/mol. The number of carbonyl (C=O) groups is 3. The number of carbonyl (C=O) groups excluding carboxylic acids is 3. The van der Waals surface area contributed by atoms with E-state index < -0.39 is 12.1 Å². The number of hydrogen-bond acceptors (Lipinski definition) is 4. The summed E-state index contributed by atoms with van der Waals surface area (Å²) in [6, 6.07) is 6.72. The highest BCUT2D eigenvalue weighted by molar-refractivity contribution is 5.98. The number of benzene rings is 1. The second-order valence-corrected chi connectivity index (χ2v) is 5.48. The lowest BCUT2D eigenvalue weighted by Crippen LogP contribution is -2.35. The van der Waals surface area contributed by atoms with Crippen molar-refractivity contribution in [2.45, 2.75) is 25.9 Å². The molecule has 1 heterocycles. The van der Waals surface area contributed by atoms with E-state index in [1.165, 1.54) is 11.8 Å². The fourth-order valence-electron chi connectivity index (χ4n) is 2.36. The molecule has 1 aromatic rings. The van der Waals surface area contributed by atoms with Gasteiger partial charge in [0.2, 0.25) is 5.91 Å². The Kier molecular flexibility index (Phi) is 4.80. The zero-order valence-corrected chi connectivity index (χ0v) is 13.0. The van der Waals surface area contributed by atoms with Crippen molar-refractivity contribution < 1.29 is 19.1 Å². The first kappa shape index (κ1) is 16.0. The zero-order chi connectivity index (χ0) is 16.3. The summed E-state index contributed by atoms with van der Waals surface area (Å²) in [5.41, 5.74) is 1.01. The van der Waals surface area contributed by atoms with Gasteiger partial charge in [-0.15, -0.1) is 0 Å². The van der Waals surface area contributed by atoms with Gasteiger partial charge in [0, 0.05) is 32.7 Å². The van der Waals surface area contributed by atoms with Crippen molar-refractivity contribution in [2.24, 2.45) is 0 Å². The van der Waals surface area contributed by atoms with E-state index >= 15 is 0 Å². The minimum Gasteiger partial charge on any atom is -0.449 e. The SMILES string of the molecule is C[C@@H](OC(=O)c1cccc(N2CCCC2=O)c1)C(=O)N(C)C. The number of ether oxygens (including phenoxy) is 1. The summed E-state index contributed by atoms with van der Waals surface area (Å²) in [6.07, 6.45) is 0.504. The molecule has 0 aromatic heterocycles. The molecule has 118 valence electrons. The van der Waals surface area contributed by atoms with E-state index in [4.69, 9.17) is 4.74 Å². The minimum atomic E-state index is -0.848. The monoisotopic (exact) mass is 304 g/mol. The molecule has 0 aliphatic carbocycles. The lowest BCUT2D eigenvalue weighted by Gasteiger charge is -2.18. The number of anilines is 1. The van der Waals surface area contributed by atoms with Gasteiger partial charge >= 0.3 is 5.97 Å². The first-order valence-electron chi connectivity index (χ1n) is 7.22. The maximum Gasteiger partial charge on any atom is 0.338 e. The van der Waals surface area contributed by atoms with Crippen molar-refractivity contribution in [3.63, 3.8) is 0 Å². The Hall–Kier alpha value is -2.37. The van der Waals surface area contributed by atoms with Crippen molar-refractivity contribution in [3.05, 3.63) is 29.8 Å². The predicted molar refractivity (Wildman–Crippen MR) is 81.6 cm³/mol. The van der Waals surface area contributed by atoms with Crippen LogP contribution in [0, 0.1) is 0 Å². The molecule has 0 spiro atoms. The standard InChI is InChI=1S/C16H20N2O4/c1-11(15(20)17(2)3)22-16(21)12-6-4-7-13(10-12)18-9-5-8-14(18)19/h4,6-7,10-11H,5,8-9H2,1-3H3/t11-/m1/s1. The smallest absolute Gasteiger partial charge is 0.338 e. The predicted octanol–water partition coefficient (Wildman–Crippen LogP) is 1.45. The minimum absolute atomic E-state index is 0.0571. The summed E-state index contributed by atoms with van der Waals surface area (Å²) in [5, 5.41) is 0. The van der Waals surface area contributed by atoms with Crippen molar-refractivity contribution in [1.82, 2.24) is 4.90 Å². The van der Waals surface area contributed by atoms with Gasteiger partial charge in [0.05, 0.1) is 5.56 Å². The number of nitrogens with zero attached hydrogens (tertiary/aromatic N) is 2. The van der Waals surface area contributed by atoms with Crippen molar-refractivity contribution in [3.8, 4) is 0 Å². The second-order valence-electron chi connectivity index (χ2n) is 5.48.